The first-order chi connectivity index (χ1) is 17.2. The molecule has 0 saturated heterocycles. The highest BCUT2D eigenvalue weighted by Crippen LogP contribution is 2.27. The fourth-order valence-corrected chi connectivity index (χ4v) is 4.46. The summed E-state index contributed by atoms with van der Waals surface area (Å²) in [5.74, 6) is 0.250. The molecule has 2 aromatic rings. The first-order valence-corrected chi connectivity index (χ1v) is 13.6. The van der Waals surface area contributed by atoms with E-state index >= 15 is 0 Å². The third-order valence-electron chi connectivity index (χ3n) is 5.66. The SMILES string of the molecule is CCCCNC(=O)C(CCCC)Sc1nnc([C@@H](COCc2ccccc2)NC(=O)C(C)(C)N)n1C. The van der Waals surface area contributed by atoms with Gasteiger partial charge in [-0.05, 0) is 32.3 Å². The maximum absolute atomic E-state index is 12.8. The lowest BCUT2D eigenvalue weighted by atomic mass is 10.1. The van der Waals surface area contributed by atoms with Crippen LogP contribution >= 0.6 is 11.8 Å². The highest BCUT2D eigenvalue weighted by molar-refractivity contribution is 8.00. The van der Waals surface area contributed by atoms with Gasteiger partial charge in [0.15, 0.2) is 11.0 Å². The van der Waals surface area contributed by atoms with Gasteiger partial charge in [-0.1, -0.05) is 75.2 Å². The third kappa shape index (κ3) is 9.55. The Bertz CT molecular complexity index is 945. The van der Waals surface area contributed by atoms with Gasteiger partial charge in [0.2, 0.25) is 11.8 Å². The molecular weight excluding hydrogens is 476 g/mol. The molecule has 1 unspecified atom stereocenters. The van der Waals surface area contributed by atoms with Crippen molar-refractivity contribution in [3.05, 3.63) is 41.7 Å². The van der Waals surface area contributed by atoms with Crippen molar-refractivity contribution in [2.24, 2.45) is 12.8 Å². The van der Waals surface area contributed by atoms with Gasteiger partial charge in [-0.2, -0.15) is 0 Å². The van der Waals surface area contributed by atoms with Gasteiger partial charge < -0.3 is 25.7 Å². The predicted molar refractivity (Wildman–Crippen MR) is 143 cm³/mol. The number of ether oxygens (including phenoxy) is 1. The van der Waals surface area contributed by atoms with Gasteiger partial charge in [-0.25, -0.2) is 0 Å². The van der Waals surface area contributed by atoms with Crippen molar-refractivity contribution >= 4 is 23.6 Å². The first kappa shape index (κ1) is 29.8. The Morgan fingerprint density at radius 3 is 2.47 bits per heavy atom. The minimum absolute atomic E-state index is 0.0207. The molecular formula is C26H42N6O3S. The second-order valence-corrected chi connectivity index (χ2v) is 10.7. The molecule has 36 heavy (non-hydrogen) atoms. The minimum Gasteiger partial charge on any atom is -0.374 e. The number of hydrogen-bond acceptors (Lipinski definition) is 7. The van der Waals surface area contributed by atoms with E-state index in [1.807, 2.05) is 41.9 Å². The molecule has 9 nitrogen and oxygen atoms in total. The summed E-state index contributed by atoms with van der Waals surface area (Å²) in [5.41, 5.74) is 5.99. The number of unbranched alkanes of at least 4 members (excludes halogenated alkanes) is 2. The number of rotatable bonds is 16. The van der Waals surface area contributed by atoms with Crippen LogP contribution in [0, 0.1) is 0 Å². The number of carbonyl (C=O) groups excluding carboxylic acids is 2. The first-order valence-electron chi connectivity index (χ1n) is 12.7. The Labute approximate surface area is 219 Å². The van der Waals surface area contributed by atoms with Gasteiger partial charge in [-0.15, -0.1) is 10.2 Å². The van der Waals surface area contributed by atoms with Crippen LogP contribution in [0.3, 0.4) is 0 Å². The van der Waals surface area contributed by atoms with Crippen molar-refractivity contribution in [1.82, 2.24) is 25.4 Å². The topological polar surface area (TPSA) is 124 Å². The predicted octanol–water partition coefficient (Wildman–Crippen LogP) is 3.49. The lowest BCUT2D eigenvalue weighted by Crippen LogP contribution is -2.51. The Kier molecular flexibility index (Phi) is 12.4. The van der Waals surface area contributed by atoms with Crippen molar-refractivity contribution in [3.63, 3.8) is 0 Å². The van der Waals surface area contributed by atoms with E-state index in [0.29, 0.717) is 24.1 Å². The number of nitrogens with zero attached hydrogens (tertiary/aromatic N) is 3. The van der Waals surface area contributed by atoms with Gasteiger partial charge in [0.25, 0.3) is 0 Å². The minimum atomic E-state index is -1.06. The second kappa shape index (κ2) is 15.0. The van der Waals surface area contributed by atoms with Crippen LogP contribution < -0.4 is 16.4 Å². The summed E-state index contributed by atoms with van der Waals surface area (Å²) in [7, 11) is 1.84. The van der Waals surface area contributed by atoms with Crippen molar-refractivity contribution in [2.45, 2.75) is 88.4 Å². The molecule has 0 aliphatic carbocycles. The van der Waals surface area contributed by atoms with Crippen LogP contribution in [0.1, 0.15) is 77.2 Å². The van der Waals surface area contributed by atoms with Gasteiger partial charge >= 0.3 is 0 Å². The number of aromatic nitrogens is 3. The third-order valence-corrected chi connectivity index (χ3v) is 6.96. The van der Waals surface area contributed by atoms with E-state index in [9.17, 15) is 9.59 Å². The molecule has 0 aliphatic heterocycles. The average Bonchev–Trinajstić information content (AvgIpc) is 3.20. The van der Waals surface area contributed by atoms with Crippen LogP contribution in [0.2, 0.25) is 0 Å². The van der Waals surface area contributed by atoms with E-state index in [-0.39, 0.29) is 23.7 Å². The van der Waals surface area contributed by atoms with E-state index in [1.165, 1.54) is 11.8 Å². The summed E-state index contributed by atoms with van der Waals surface area (Å²) in [6.45, 7) is 8.78. The van der Waals surface area contributed by atoms with E-state index in [1.54, 1.807) is 13.8 Å². The average molecular weight is 519 g/mol. The van der Waals surface area contributed by atoms with Gasteiger partial charge in [0.1, 0.15) is 6.04 Å². The van der Waals surface area contributed by atoms with Crippen LogP contribution in [0.5, 0.6) is 0 Å². The van der Waals surface area contributed by atoms with Crippen molar-refractivity contribution in [1.29, 1.82) is 0 Å². The van der Waals surface area contributed by atoms with Crippen LogP contribution in [-0.2, 0) is 28.0 Å². The highest BCUT2D eigenvalue weighted by Gasteiger charge is 2.29. The zero-order chi connectivity index (χ0) is 26.6. The Morgan fingerprint density at radius 1 is 1.14 bits per heavy atom. The molecule has 1 aromatic carbocycles. The Balaban J connectivity index is 2.18. The summed E-state index contributed by atoms with van der Waals surface area (Å²) in [6.07, 6.45) is 4.68. The van der Waals surface area contributed by atoms with Crippen LogP contribution in [0.25, 0.3) is 0 Å². The molecule has 0 fully saturated rings. The molecule has 10 heteroatoms. The summed E-state index contributed by atoms with van der Waals surface area (Å²) < 4.78 is 7.76. The lowest BCUT2D eigenvalue weighted by Gasteiger charge is -2.24. The number of nitrogens with two attached hydrogens (primary N) is 1. The van der Waals surface area contributed by atoms with Gasteiger partial charge in [0.05, 0.1) is 24.0 Å². The maximum atomic E-state index is 12.8. The smallest absolute Gasteiger partial charge is 0.240 e. The van der Waals surface area contributed by atoms with Crippen molar-refractivity contribution < 1.29 is 14.3 Å². The standard InChI is InChI=1S/C26H42N6O3S/c1-6-8-15-21(23(33)28-16-9-7-2)36-25-31-30-22(32(25)5)20(29-24(34)26(3,4)27)18-35-17-19-13-11-10-12-14-19/h10-14,20-21H,6-9,15-18,27H2,1-5H3,(H,28,33)(H,29,34)/t20-,21?/m1/s1. The molecule has 1 heterocycles. The Morgan fingerprint density at radius 2 is 1.83 bits per heavy atom. The number of thioether (sulfide) groups is 1. The fourth-order valence-electron chi connectivity index (χ4n) is 3.39. The lowest BCUT2D eigenvalue weighted by molar-refractivity contribution is -0.126. The molecule has 0 aliphatic rings. The molecule has 2 rings (SSSR count). The summed E-state index contributed by atoms with van der Waals surface area (Å²) in [5, 5.41) is 15.1. The molecule has 2 atom stereocenters. The maximum Gasteiger partial charge on any atom is 0.240 e. The number of nitrogens with one attached hydrogen (secondary N) is 2. The highest BCUT2D eigenvalue weighted by atomic mass is 32.2. The van der Waals surface area contributed by atoms with E-state index < -0.39 is 11.6 Å². The van der Waals surface area contributed by atoms with E-state index in [2.05, 4.69) is 34.7 Å². The molecule has 1 aromatic heterocycles. The summed E-state index contributed by atoms with van der Waals surface area (Å²) in [4.78, 5) is 25.5. The van der Waals surface area contributed by atoms with E-state index in [4.69, 9.17) is 10.5 Å². The van der Waals surface area contributed by atoms with Crippen LogP contribution in [0.4, 0.5) is 0 Å². The fraction of sp³-hybridized carbons (Fsp3) is 0.615. The van der Waals surface area contributed by atoms with Crippen LogP contribution in [-0.4, -0.2) is 50.5 Å². The van der Waals surface area contributed by atoms with Crippen molar-refractivity contribution in [2.75, 3.05) is 13.2 Å². The van der Waals surface area contributed by atoms with Crippen LogP contribution in [0.15, 0.2) is 35.5 Å². The Hall–Kier alpha value is -2.43. The normalized spacial score (nSPS) is 13.3. The molecule has 0 saturated carbocycles. The summed E-state index contributed by atoms with van der Waals surface area (Å²) >= 11 is 1.40. The monoisotopic (exact) mass is 518 g/mol. The molecule has 2 amide bonds. The quantitative estimate of drug-likeness (QED) is 0.229. The van der Waals surface area contributed by atoms with Gasteiger partial charge in [-0.3, -0.25) is 9.59 Å². The largest absolute Gasteiger partial charge is 0.374 e. The molecule has 200 valence electrons. The number of benzene rings is 1. The molecule has 4 N–H and O–H groups in total. The van der Waals surface area contributed by atoms with Gasteiger partial charge in [0, 0.05) is 13.6 Å². The number of amides is 2. The summed E-state index contributed by atoms with van der Waals surface area (Å²) in [6, 6.07) is 9.27. The number of hydrogen-bond donors (Lipinski definition) is 3. The molecule has 0 radical (unpaired) electrons. The zero-order valence-corrected chi connectivity index (χ0v) is 23.1. The second-order valence-electron chi connectivity index (χ2n) is 9.54. The van der Waals surface area contributed by atoms with Crippen molar-refractivity contribution in [3.8, 4) is 0 Å². The zero-order valence-electron chi connectivity index (χ0n) is 22.3. The molecule has 0 spiro atoms. The molecule has 0 bridgehead atoms. The number of carbonyl (C=O) groups is 2. The van der Waals surface area contributed by atoms with E-state index in [0.717, 1.165) is 37.7 Å².